The molecule has 2 fully saturated rings. The van der Waals surface area contributed by atoms with Crippen molar-refractivity contribution in [1.82, 2.24) is 15.2 Å². The monoisotopic (exact) mass is 551 g/mol. The fourth-order valence-corrected chi connectivity index (χ4v) is 6.26. The Morgan fingerprint density at radius 2 is 1.77 bits per heavy atom. The van der Waals surface area contributed by atoms with E-state index < -0.39 is 29.6 Å². The second-order valence-corrected chi connectivity index (χ2v) is 13.2. The Morgan fingerprint density at radius 3 is 2.33 bits per heavy atom. The highest BCUT2D eigenvalue weighted by Gasteiger charge is 2.58. The van der Waals surface area contributed by atoms with Gasteiger partial charge in [0.25, 0.3) is 5.91 Å². The van der Waals surface area contributed by atoms with Gasteiger partial charge in [-0.2, -0.15) is 0 Å². The van der Waals surface area contributed by atoms with Crippen molar-refractivity contribution in [2.24, 2.45) is 11.3 Å². The first-order chi connectivity index (χ1) is 18.8. The van der Waals surface area contributed by atoms with Gasteiger partial charge in [-0.3, -0.25) is 4.79 Å². The molecule has 0 unspecified atom stereocenters. The van der Waals surface area contributed by atoms with Gasteiger partial charge in [0.05, 0.1) is 13.2 Å². The molecule has 0 spiro atoms. The highest BCUT2D eigenvalue weighted by atomic mass is 16.5. The number of carboxylic acid groups (broad SMARTS) is 1. The van der Waals surface area contributed by atoms with Gasteiger partial charge in [0.2, 0.25) is 5.88 Å². The van der Waals surface area contributed by atoms with Gasteiger partial charge in [0, 0.05) is 41.8 Å². The summed E-state index contributed by atoms with van der Waals surface area (Å²) in [6.45, 7) is 13.4. The van der Waals surface area contributed by atoms with E-state index in [9.17, 15) is 14.7 Å². The summed E-state index contributed by atoms with van der Waals surface area (Å²) >= 11 is 0. The van der Waals surface area contributed by atoms with Crippen LogP contribution < -0.4 is 10.1 Å². The average molecular weight is 552 g/mol. The van der Waals surface area contributed by atoms with Crippen LogP contribution in [0.1, 0.15) is 83.7 Å². The average Bonchev–Trinajstić information content (AvgIpc) is 3.28. The lowest BCUT2D eigenvalue weighted by atomic mass is 9.72. The lowest BCUT2D eigenvalue weighted by Crippen LogP contribution is -2.51. The Kier molecular flexibility index (Phi) is 8.90. The molecule has 1 amide bonds. The zero-order valence-electron chi connectivity index (χ0n) is 24.9. The van der Waals surface area contributed by atoms with Crippen molar-refractivity contribution in [3.63, 3.8) is 0 Å². The van der Waals surface area contributed by atoms with Crippen LogP contribution in [0, 0.1) is 11.3 Å². The van der Waals surface area contributed by atoms with E-state index in [1.807, 2.05) is 42.5 Å². The summed E-state index contributed by atoms with van der Waals surface area (Å²) in [4.78, 5) is 33.5. The van der Waals surface area contributed by atoms with E-state index >= 15 is 0 Å². The maximum atomic E-state index is 14.1. The van der Waals surface area contributed by atoms with Gasteiger partial charge in [-0.05, 0) is 36.3 Å². The first-order valence-electron chi connectivity index (χ1n) is 14.3. The molecule has 5 atom stereocenters. The molecular formula is C32H45N3O5. The highest BCUT2D eigenvalue weighted by Crippen LogP contribution is 2.48. The van der Waals surface area contributed by atoms with Crippen LogP contribution in [0.15, 0.2) is 42.5 Å². The maximum Gasteiger partial charge on any atom is 0.326 e. The number of methoxy groups -OCH3 is 1. The maximum absolute atomic E-state index is 14.1. The quantitative estimate of drug-likeness (QED) is 0.493. The molecule has 40 heavy (non-hydrogen) atoms. The van der Waals surface area contributed by atoms with Crippen molar-refractivity contribution >= 4 is 11.9 Å². The molecule has 8 heteroatoms. The summed E-state index contributed by atoms with van der Waals surface area (Å²) in [7, 11) is 1.61. The number of ether oxygens (including phenoxy) is 2. The Balaban J connectivity index is 1.78. The van der Waals surface area contributed by atoms with Crippen molar-refractivity contribution < 1.29 is 24.2 Å². The molecule has 2 aromatic rings. The minimum atomic E-state index is -1.01. The fraction of sp³-hybridized carbons (Fsp3) is 0.594. The lowest BCUT2D eigenvalue weighted by Gasteiger charge is -2.36. The second-order valence-electron chi connectivity index (χ2n) is 13.2. The predicted molar refractivity (Wildman–Crippen MR) is 154 cm³/mol. The van der Waals surface area contributed by atoms with Crippen LogP contribution in [-0.4, -0.2) is 58.8 Å². The van der Waals surface area contributed by atoms with E-state index in [0.29, 0.717) is 25.5 Å². The van der Waals surface area contributed by atoms with E-state index in [4.69, 9.17) is 14.5 Å². The number of carbonyl (C=O) groups is 2. The summed E-state index contributed by atoms with van der Waals surface area (Å²) in [6.07, 6.45) is 1.77. The molecule has 4 rings (SSSR count). The Bertz CT molecular complexity index is 1180. The van der Waals surface area contributed by atoms with E-state index in [0.717, 1.165) is 29.7 Å². The summed E-state index contributed by atoms with van der Waals surface area (Å²) in [5.74, 6) is -1.08. The number of carbonyl (C=O) groups excluding carboxylic acids is 1. The number of hydrogen-bond donors (Lipinski definition) is 2. The number of nitrogens with zero attached hydrogens (tertiary/aromatic N) is 2. The normalized spacial score (nSPS) is 25.6. The first kappa shape index (κ1) is 30.0. The molecule has 2 aliphatic rings. The van der Waals surface area contributed by atoms with Crippen molar-refractivity contribution in [3.8, 4) is 5.88 Å². The van der Waals surface area contributed by atoms with E-state index in [1.54, 1.807) is 12.0 Å². The van der Waals surface area contributed by atoms with E-state index in [1.165, 1.54) is 0 Å². The molecule has 8 nitrogen and oxygen atoms in total. The third kappa shape index (κ3) is 6.18. The Hall–Kier alpha value is -2.97. The Morgan fingerprint density at radius 1 is 1.07 bits per heavy atom. The van der Waals surface area contributed by atoms with Crippen LogP contribution >= 0.6 is 0 Å². The third-order valence-corrected chi connectivity index (χ3v) is 8.20. The molecule has 0 bridgehead atoms. The molecule has 1 aromatic carbocycles. The number of amides is 1. The van der Waals surface area contributed by atoms with Crippen molar-refractivity contribution in [3.05, 3.63) is 59.3 Å². The molecule has 0 aliphatic carbocycles. The van der Waals surface area contributed by atoms with Crippen LogP contribution in [0.4, 0.5) is 0 Å². The highest BCUT2D eigenvalue weighted by molar-refractivity contribution is 5.88. The van der Waals surface area contributed by atoms with E-state index in [-0.39, 0.29) is 23.3 Å². The van der Waals surface area contributed by atoms with Crippen molar-refractivity contribution in [2.75, 3.05) is 13.7 Å². The summed E-state index contributed by atoms with van der Waals surface area (Å²) in [5.41, 5.74) is 2.16. The molecular weight excluding hydrogens is 506 g/mol. The van der Waals surface area contributed by atoms with Crippen LogP contribution in [0.25, 0.3) is 0 Å². The summed E-state index contributed by atoms with van der Waals surface area (Å²) in [6, 6.07) is 11.9. The number of hydrogen-bond acceptors (Lipinski definition) is 6. The van der Waals surface area contributed by atoms with Crippen LogP contribution in [0.3, 0.4) is 0 Å². The van der Waals surface area contributed by atoms with Crippen LogP contribution in [0.2, 0.25) is 0 Å². The van der Waals surface area contributed by atoms with Crippen LogP contribution in [-0.2, 0) is 26.3 Å². The third-order valence-electron chi connectivity index (χ3n) is 8.20. The van der Waals surface area contributed by atoms with Gasteiger partial charge in [-0.15, -0.1) is 0 Å². The number of carboxylic acids is 1. The molecule has 1 aromatic heterocycles. The van der Waals surface area contributed by atoms with Crippen molar-refractivity contribution in [2.45, 2.75) is 97.0 Å². The summed E-state index contributed by atoms with van der Waals surface area (Å²) < 4.78 is 11.6. The minimum Gasteiger partial charge on any atom is -0.481 e. The zero-order valence-corrected chi connectivity index (χ0v) is 24.9. The number of benzene rings is 1. The molecule has 218 valence electrons. The molecule has 2 aliphatic heterocycles. The zero-order chi connectivity index (χ0) is 29.2. The van der Waals surface area contributed by atoms with Gasteiger partial charge in [0.15, 0.2) is 0 Å². The number of nitrogens with one attached hydrogen (secondary N) is 1. The van der Waals surface area contributed by atoms with E-state index in [2.05, 4.69) is 46.9 Å². The largest absolute Gasteiger partial charge is 0.481 e. The fourth-order valence-electron chi connectivity index (χ4n) is 6.26. The standard InChI is InChI=1S/C32H45N3O5/c1-31(2,3)23-17-16-21(28(34-23)39-7)19-33-25-24(32(4,5)6)27(30(37)38)35(26(25)20-13-9-8-10-14-20)29(36)22-15-11-12-18-40-22/h8-10,13-14,16-17,22,24-27,33H,11-12,15,18-19H2,1-7H3,(H,37,38)/t22-,24-,25-,26-,27-/m0/s1. The smallest absolute Gasteiger partial charge is 0.326 e. The van der Waals surface area contributed by atoms with Gasteiger partial charge in [-0.25, -0.2) is 9.78 Å². The van der Waals surface area contributed by atoms with Crippen LogP contribution in [0.5, 0.6) is 5.88 Å². The number of likely N-dealkylation sites (tertiary alicyclic amines) is 1. The lowest BCUT2D eigenvalue weighted by molar-refractivity contribution is -0.159. The molecule has 0 radical (unpaired) electrons. The van der Waals surface area contributed by atoms with Gasteiger partial charge >= 0.3 is 5.97 Å². The minimum absolute atomic E-state index is 0.128. The number of aliphatic carboxylic acids is 1. The van der Waals surface area contributed by atoms with Gasteiger partial charge < -0.3 is 24.8 Å². The SMILES string of the molecule is COc1nc(C(C)(C)C)ccc1CN[C@H]1[C@H](C(C)(C)C)[C@@H](C(=O)O)N(C(=O)[C@@H]2CCCCO2)[C@H]1c1ccccc1. The predicted octanol–water partition coefficient (Wildman–Crippen LogP) is 5.11. The summed E-state index contributed by atoms with van der Waals surface area (Å²) in [5, 5.41) is 14.3. The Labute approximate surface area is 238 Å². The first-order valence-corrected chi connectivity index (χ1v) is 14.3. The van der Waals surface area contributed by atoms with Gasteiger partial charge in [0.1, 0.15) is 12.1 Å². The number of aromatic nitrogens is 1. The number of rotatable bonds is 7. The topological polar surface area (TPSA) is 101 Å². The van der Waals surface area contributed by atoms with Crippen molar-refractivity contribution in [1.29, 1.82) is 0 Å². The second kappa shape index (κ2) is 11.9. The molecule has 3 heterocycles. The number of pyridine rings is 1. The van der Waals surface area contributed by atoms with Gasteiger partial charge in [-0.1, -0.05) is 77.9 Å². The molecule has 2 saturated heterocycles. The molecule has 0 saturated carbocycles. The molecule has 2 N–H and O–H groups in total.